The Morgan fingerprint density at radius 3 is 2.38 bits per heavy atom. The van der Waals surface area contributed by atoms with E-state index in [0.29, 0.717) is 12.3 Å². The molecule has 1 aromatic rings. The predicted octanol–water partition coefficient (Wildman–Crippen LogP) is 3.93. The lowest BCUT2D eigenvalue weighted by Crippen LogP contribution is -2.21. The number of aliphatic hydroxyl groups excluding tert-OH is 1. The maximum atomic E-state index is 13.1. The number of aliphatic hydroxyl groups is 1. The van der Waals surface area contributed by atoms with Crippen molar-refractivity contribution in [2.45, 2.75) is 39.2 Å². The van der Waals surface area contributed by atoms with E-state index in [-0.39, 0.29) is 11.9 Å². The van der Waals surface area contributed by atoms with Crippen LogP contribution in [-0.4, -0.2) is 11.2 Å². The van der Waals surface area contributed by atoms with Gasteiger partial charge in [0.1, 0.15) is 5.82 Å². The lowest BCUT2D eigenvalue weighted by atomic mass is 9.92. The average Bonchev–Trinajstić information content (AvgIpc) is 2.17. The molecule has 0 aliphatic heterocycles. The minimum absolute atomic E-state index is 0.263. The van der Waals surface area contributed by atoms with Gasteiger partial charge in [0, 0.05) is 4.47 Å². The van der Waals surface area contributed by atoms with Crippen molar-refractivity contribution in [3.05, 3.63) is 34.1 Å². The summed E-state index contributed by atoms with van der Waals surface area (Å²) in [4.78, 5) is 0. The van der Waals surface area contributed by atoms with E-state index in [1.165, 1.54) is 12.1 Å². The SMILES string of the molecule is CCC(CC)C(O)Cc1cc(F)cc(Br)c1. The molecule has 1 nitrogen and oxygen atoms in total. The summed E-state index contributed by atoms with van der Waals surface area (Å²) in [5.41, 5.74) is 0.839. The maximum absolute atomic E-state index is 13.1. The van der Waals surface area contributed by atoms with Crippen molar-refractivity contribution in [2.75, 3.05) is 0 Å². The third kappa shape index (κ3) is 3.87. The Bertz CT molecular complexity index is 316. The molecule has 16 heavy (non-hydrogen) atoms. The van der Waals surface area contributed by atoms with E-state index in [2.05, 4.69) is 29.8 Å². The van der Waals surface area contributed by atoms with Crippen molar-refractivity contribution < 1.29 is 9.50 Å². The van der Waals surface area contributed by atoms with Crippen LogP contribution >= 0.6 is 15.9 Å². The van der Waals surface area contributed by atoms with Crippen molar-refractivity contribution in [3.63, 3.8) is 0 Å². The highest BCUT2D eigenvalue weighted by atomic mass is 79.9. The highest BCUT2D eigenvalue weighted by molar-refractivity contribution is 9.10. The molecule has 0 saturated carbocycles. The van der Waals surface area contributed by atoms with Gasteiger partial charge in [0.15, 0.2) is 0 Å². The van der Waals surface area contributed by atoms with E-state index in [1.807, 2.05) is 6.07 Å². The van der Waals surface area contributed by atoms with Crippen molar-refractivity contribution >= 4 is 15.9 Å². The minimum Gasteiger partial charge on any atom is -0.392 e. The van der Waals surface area contributed by atoms with Crippen LogP contribution in [0.1, 0.15) is 32.3 Å². The van der Waals surface area contributed by atoms with Crippen LogP contribution in [0.3, 0.4) is 0 Å². The van der Waals surface area contributed by atoms with Crippen molar-refractivity contribution in [2.24, 2.45) is 5.92 Å². The normalized spacial score (nSPS) is 13.1. The van der Waals surface area contributed by atoms with Gasteiger partial charge in [0.2, 0.25) is 0 Å². The van der Waals surface area contributed by atoms with Crippen LogP contribution in [0.25, 0.3) is 0 Å². The summed E-state index contributed by atoms with van der Waals surface area (Å²) < 4.78 is 13.9. The van der Waals surface area contributed by atoms with Gasteiger partial charge in [0.05, 0.1) is 6.10 Å². The molecule has 0 aromatic heterocycles. The summed E-state index contributed by atoms with van der Waals surface area (Å²) in [6.07, 6.45) is 2.04. The summed E-state index contributed by atoms with van der Waals surface area (Å²) in [5.74, 6) is 0.0307. The fourth-order valence-electron chi connectivity index (χ4n) is 1.97. The lowest BCUT2D eigenvalue weighted by molar-refractivity contribution is 0.103. The van der Waals surface area contributed by atoms with Crippen LogP contribution < -0.4 is 0 Å². The zero-order valence-electron chi connectivity index (χ0n) is 9.71. The summed E-state index contributed by atoms with van der Waals surface area (Å²) >= 11 is 3.25. The van der Waals surface area contributed by atoms with Gasteiger partial charge in [-0.1, -0.05) is 42.6 Å². The fourth-order valence-corrected chi connectivity index (χ4v) is 2.48. The molecule has 1 atom stereocenters. The summed E-state index contributed by atoms with van der Waals surface area (Å²) in [6, 6.07) is 4.76. The first-order chi connectivity index (χ1) is 7.56. The van der Waals surface area contributed by atoms with Crippen LogP contribution in [0.5, 0.6) is 0 Å². The van der Waals surface area contributed by atoms with Crippen LogP contribution in [0.4, 0.5) is 4.39 Å². The van der Waals surface area contributed by atoms with Crippen LogP contribution in [0.15, 0.2) is 22.7 Å². The molecule has 0 amide bonds. The molecular weight excluding hydrogens is 271 g/mol. The molecule has 1 aromatic carbocycles. The van der Waals surface area contributed by atoms with E-state index >= 15 is 0 Å². The second-order valence-electron chi connectivity index (χ2n) is 4.13. The Kier molecular flexibility index (Phi) is 5.42. The van der Waals surface area contributed by atoms with E-state index in [1.54, 1.807) is 0 Å². The average molecular weight is 289 g/mol. The lowest BCUT2D eigenvalue weighted by Gasteiger charge is -2.20. The van der Waals surface area contributed by atoms with Gasteiger partial charge in [-0.05, 0) is 36.1 Å². The molecular formula is C13H18BrFO. The minimum atomic E-state index is -0.385. The van der Waals surface area contributed by atoms with Crippen LogP contribution in [0, 0.1) is 11.7 Å². The van der Waals surface area contributed by atoms with Crippen LogP contribution in [-0.2, 0) is 6.42 Å². The molecule has 1 N–H and O–H groups in total. The number of benzene rings is 1. The monoisotopic (exact) mass is 288 g/mol. The molecule has 0 aliphatic rings. The standard InChI is InChI=1S/C13H18BrFO/c1-3-10(4-2)13(16)7-9-5-11(14)8-12(15)6-9/h5-6,8,10,13,16H,3-4,7H2,1-2H3. The smallest absolute Gasteiger partial charge is 0.124 e. The topological polar surface area (TPSA) is 20.2 Å². The highest BCUT2D eigenvalue weighted by Gasteiger charge is 2.16. The second kappa shape index (κ2) is 6.36. The quantitative estimate of drug-likeness (QED) is 0.870. The zero-order chi connectivity index (χ0) is 12.1. The molecule has 90 valence electrons. The van der Waals surface area contributed by atoms with E-state index in [0.717, 1.165) is 22.9 Å². The first kappa shape index (κ1) is 13.7. The largest absolute Gasteiger partial charge is 0.392 e. The summed E-state index contributed by atoms with van der Waals surface area (Å²) in [5, 5.41) is 10.0. The maximum Gasteiger partial charge on any atom is 0.124 e. The molecule has 0 bridgehead atoms. The number of halogens is 2. The van der Waals surface area contributed by atoms with Gasteiger partial charge in [-0.25, -0.2) is 4.39 Å². The molecule has 3 heteroatoms. The molecule has 0 radical (unpaired) electrons. The molecule has 0 saturated heterocycles. The first-order valence-electron chi connectivity index (χ1n) is 5.69. The van der Waals surface area contributed by atoms with Crippen molar-refractivity contribution in [1.82, 2.24) is 0 Å². The van der Waals surface area contributed by atoms with Gasteiger partial charge in [-0.15, -0.1) is 0 Å². The summed E-state index contributed by atoms with van der Waals surface area (Å²) in [7, 11) is 0. The molecule has 0 spiro atoms. The van der Waals surface area contributed by atoms with E-state index in [4.69, 9.17) is 0 Å². The Hall–Kier alpha value is -0.410. The first-order valence-corrected chi connectivity index (χ1v) is 6.49. The van der Waals surface area contributed by atoms with Gasteiger partial charge >= 0.3 is 0 Å². The third-order valence-corrected chi connectivity index (χ3v) is 3.42. The van der Waals surface area contributed by atoms with Gasteiger partial charge in [0.25, 0.3) is 0 Å². The predicted molar refractivity (Wildman–Crippen MR) is 67.9 cm³/mol. The van der Waals surface area contributed by atoms with E-state index in [9.17, 15) is 9.50 Å². The molecule has 1 unspecified atom stereocenters. The fraction of sp³-hybridized carbons (Fsp3) is 0.538. The Morgan fingerprint density at radius 2 is 1.88 bits per heavy atom. The molecule has 0 fully saturated rings. The number of hydrogen-bond acceptors (Lipinski definition) is 1. The number of hydrogen-bond donors (Lipinski definition) is 1. The molecule has 0 aliphatic carbocycles. The van der Waals surface area contributed by atoms with Crippen LogP contribution in [0.2, 0.25) is 0 Å². The zero-order valence-corrected chi connectivity index (χ0v) is 11.3. The van der Waals surface area contributed by atoms with E-state index < -0.39 is 0 Å². The Morgan fingerprint density at radius 1 is 1.25 bits per heavy atom. The van der Waals surface area contributed by atoms with Gasteiger partial charge in [-0.2, -0.15) is 0 Å². The van der Waals surface area contributed by atoms with Crippen molar-refractivity contribution in [1.29, 1.82) is 0 Å². The Balaban J connectivity index is 2.72. The summed E-state index contributed by atoms with van der Waals surface area (Å²) in [6.45, 7) is 4.14. The van der Waals surface area contributed by atoms with Gasteiger partial charge in [-0.3, -0.25) is 0 Å². The Labute approximate surface area is 105 Å². The molecule has 0 heterocycles. The third-order valence-electron chi connectivity index (χ3n) is 2.96. The second-order valence-corrected chi connectivity index (χ2v) is 5.04. The highest BCUT2D eigenvalue weighted by Crippen LogP contribution is 2.20. The van der Waals surface area contributed by atoms with Gasteiger partial charge < -0.3 is 5.11 Å². The number of rotatable bonds is 5. The molecule has 1 rings (SSSR count). The van der Waals surface area contributed by atoms with Crippen molar-refractivity contribution in [3.8, 4) is 0 Å².